The number of benzene rings is 1. The van der Waals surface area contributed by atoms with Crippen molar-refractivity contribution in [3.8, 4) is 5.75 Å². The van der Waals surface area contributed by atoms with E-state index < -0.39 is 12.0 Å². The predicted octanol–water partition coefficient (Wildman–Crippen LogP) is 3.39. The number of carbonyl (C=O) groups is 1. The summed E-state index contributed by atoms with van der Waals surface area (Å²) in [7, 11) is 1.53. The molecule has 0 aliphatic heterocycles. The summed E-state index contributed by atoms with van der Waals surface area (Å²) in [6.45, 7) is 3.49. The molecule has 0 spiro atoms. The third kappa shape index (κ3) is 4.22. The Bertz CT molecular complexity index is 541. The van der Waals surface area contributed by atoms with E-state index in [4.69, 9.17) is 15.2 Å². The van der Waals surface area contributed by atoms with Gasteiger partial charge in [0.1, 0.15) is 23.7 Å². The van der Waals surface area contributed by atoms with Crippen LogP contribution in [0.4, 0.5) is 4.39 Å². The molecular weight excluding hydrogens is 297 g/mol. The molecule has 0 radical (unpaired) electrons. The van der Waals surface area contributed by atoms with E-state index in [1.165, 1.54) is 32.1 Å². The molecule has 2 rings (SSSR count). The van der Waals surface area contributed by atoms with E-state index in [0.717, 1.165) is 18.4 Å². The zero-order valence-electron chi connectivity index (χ0n) is 14.0. The number of halogens is 1. The summed E-state index contributed by atoms with van der Waals surface area (Å²) < 4.78 is 24.4. The molecular formula is C18H26FNO3. The van der Waals surface area contributed by atoms with E-state index in [1.807, 2.05) is 6.92 Å². The van der Waals surface area contributed by atoms with Gasteiger partial charge in [-0.25, -0.2) is 4.39 Å². The second kappa shape index (κ2) is 7.77. The summed E-state index contributed by atoms with van der Waals surface area (Å²) in [6, 6.07) is 3.90. The lowest BCUT2D eigenvalue weighted by atomic mass is 9.80. The monoisotopic (exact) mass is 323 g/mol. The van der Waals surface area contributed by atoms with Crippen LogP contribution in [0.2, 0.25) is 0 Å². The fraction of sp³-hybridized carbons (Fsp3) is 0.611. The maximum atomic E-state index is 13.5. The van der Waals surface area contributed by atoms with E-state index in [2.05, 4.69) is 0 Å². The summed E-state index contributed by atoms with van der Waals surface area (Å²) in [4.78, 5) is 11.9. The zero-order valence-corrected chi connectivity index (χ0v) is 14.0. The third-order valence-electron chi connectivity index (χ3n) is 4.64. The molecule has 1 aromatic carbocycles. The number of hydrogen-bond donors (Lipinski definition) is 1. The van der Waals surface area contributed by atoms with Crippen LogP contribution in [0.15, 0.2) is 18.2 Å². The van der Waals surface area contributed by atoms with Gasteiger partial charge in [-0.1, -0.05) is 18.9 Å². The van der Waals surface area contributed by atoms with Gasteiger partial charge in [0.05, 0.1) is 7.11 Å². The van der Waals surface area contributed by atoms with Crippen molar-refractivity contribution >= 4 is 5.97 Å². The number of nitrogens with two attached hydrogens (primary N) is 1. The highest BCUT2D eigenvalue weighted by Gasteiger charge is 2.35. The lowest BCUT2D eigenvalue weighted by Gasteiger charge is -2.31. The average Bonchev–Trinajstić information content (AvgIpc) is 3.02. The van der Waals surface area contributed by atoms with Crippen LogP contribution >= 0.6 is 0 Å². The van der Waals surface area contributed by atoms with E-state index in [9.17, 15) is 9.18 Å². The number of hydrogen-bond acceptors (Lipinski definition) is 4. The lowest BCUT2D eigenvalue weighted by Crippen LogP contribution is -2.35. The summed E-state index contributed by atoms with van der Waals surface area (Å²) in [5, 5.41) is 0. The van der Waals surface area contributed by atoms with Crippen molar-refractivity contribution < 1.29 is 18.7 Å². The first-order valence-electron chi connectivity index (χ1n) is 8.23. The molecule has 128 valence electrons. The lowest BCUT2D eigenvalue weighted by molar-refractivity contribution is -0.151. The summed E-state index contributed by atoms with van der Waals surface area (Å²) in [5.41, 5.74) is 6.50. The van der Waals surface area contributed by atoms with Gasteiger partial charge in [0.2, 0.25) is 0 Å². The summed E-state index contributed by atoms with van der Waals surface area (Å²) >= 11 is 0. The van der Waals surface area contributed by atoms with E-state index >= 15 is 0 Å². The van der Waals surface area contributed by atoms with Gasteiger partial charge >= 0.3 is 5.97 Å². The molecule has 0 heterocycles. The zero-order chi connectivity index (χ0) is 17.0. The number of carbonyl (C=O) groups excluding carboxylic acids is 1. The molecule has 1 saturated carbocycles. The fourth-order valence-electron chi connectivity index (χ4n) is 3.53. The summed E-state index contributed by atoms with van der Waals surface area (Å²) in [5.74, 6) is 0.129. The van der Waals surface area contributed by atoms with Gasteiger partial charge in [0, 0.05) is 17.5 Å². The Hall–Kier alpha value is -1.62. The standard InChI is InChI=1S/C18H26FNO3/c1-11(20)18(21)23-12(2)17(13-6-4-5-7-13)15-9-8-14(19)10-16(15)22-3/h8-13,17H,4-7,20H2,1-3H3/t11-,12-,17+/m0/s1. The maximum Gasteiger partial charge on any atom is 0.322 e. The topological polar surface area (TPSA) is 61.5 Å². The number of methoxy groups -OCH3 is 1. The van der Waals surface area contributed by atoms with Crippen molar-refractivity contribution in [2.24, 2.45) is 11.7 Å². The van der Waals surface area contributed by atoms with Crippen LogP contribution in [-0.4, -0.2) is 25.2 Å². The van der Waals surface area contributed by atoms with Crippen molar-refractivity contribution in [2.75, 3.05) is 7.11 Å². The second-order valence-corrected chi connectivity index (χ2v) is 6.39. The molecule has 0 unspecified atom stereocenters. The van der Waals surface area contributed by atoms with Crippen molar-refractivity contribution in [1.29, 1.82) is 0 Å². The quantitative estimate of drug-likeness (QED) is 0.815. The van der Waals surface area contributed by atoms with Gasteiger partial charge in [-0.3, -0.25) is 4.79 Å². The summed E-state index contributed by atoms with van der Waals surface area (Å²) in [6.07, 6.45) is 4.14. The molecule has 1 aliphatic carbocycles. The Morgan fingerprint density at radius 1 is 1.30 bits per heavy atom. The van der Waals surface area contributed by atoms with Crippen LogP contribution in [0.25, 0.3) is 0 Å². The van der Waals surface area contributed by atoms with Crippen LogP contribution in [0, 0.1) is 11.7 Å². The van der Waals surface area contributed by atoms with Gasteiger partial charge < -0.3 is 15.2 Å². The van der Waals surface area contributed by atoms with Crippen LogP contribution in [0.1, 0.15) is 51.0 Å². The van der Waals surface area contributed by atoms with Gasteiger partial charge in [0.15, 0.2) is 0 Å². The molecule has 5 heteroatoms. The molecule has 0 aromatic heterocycles. The first-order chi connectivity index (χ1) is 10.9. The first-order valence-corrected chi connectivity index (χ1v) is 8.23. The largest absolute Gasteiger partial charge is 0.496 e. The molecule has 1 aliphatic rings. The molecule has 0 saturated heterocycles. The van der Waals surface area contributed by atoms with Crippen LogP contribution < -0.4 is 10.5 Å². The van der Waals surface area contributed by atoms with Gasteiger partial charge in [-0.05, 0) is 38.7 Å². The Morgan fingerprint density at radius 2 is 1.96 bits per heavy atom. The molecule has 1 fully saturated rings. The normalized spacial score (nSPS) is 19.2. The molecule has 1 aromatic rings. The van der Waals surface area contributed by atoms with Crippen molar-refractivity contribution in [2.45, 2.75) is 57.6 Å². The molecule has 2 N–H and O–H groups in total. The number of rotatable bonds is 6. The Labute approximate surface area is 137 Å². The minimum absolute atomic E-state index is 0.0178. The fourth-order valence-corrected chi connectivity index (χ4v) is 3.53. The maximum absolute atomic E-state index is 13.5. The predicted molar refractivity (Wildman–Crippen MR) is 86.9 cm³/mol. The molecule has 4 nitrogen and oxygen atoms in total. The Kier molecular flexibility index (Phi) is 5.99. The molecule has 0 amide bonds. The molecule has 0 bridgehead atoms. The highest BCUT2D eigenvalue weighted by Crippen LogP contribution is 2.43. The average molecular weight is 323 g/mol. The SMILES string of the molecule is COc1cc(F)ccc1[C@@H](C1CCCC1)[C@H](C)OC(=O)[C@H](C)N. The molecule has 3 atom stereocenters. The van der Waals surface area contributed by atoms with Gasteiger partial charge in [0.25, 0.3) is 0 Å². The highest BCUT2D eigenvalue weighted by molar-refractivity contribution is 5.75. The van der Waals surface area contributed by atoms with Crippen molar-refractivity contribution in [3.63, 3.8) is 0 Å². The smallest absolute Gasteiger partial charge is 0.322 e. The van der Waals surface area contributed by atoms with Crippen molar-refractivity contribution in [3.05, 3.63) is 29.6 Å². The van der Waals surface area contributed by atoms with Crippen LogP contribution in [0.5, 0.6) is 5.75 Å². The number of esters is 1. The highest BCUT2D eigenvalue weighted by atomic mass is 19.1. The Morgan fingerprint density at radius 3 is 2.52 bits per heavy atom. The van der Waals surface area contributed by atoms with E-state index in [-0.39, 0.29) is 17.8 Å². The van der Waals surface area contributed by atoms with Crippen molar-refractivity contribution in [1.82, 2.24) is 0 Å². The van der Waals surface area contributed by atoms with Gasteiger partial charge in [-0.15, -0.1) is 0 Å². The van der Waals surface area contributed by atoms with E-state index in [1.54, 1.807) is 13.0 Å². The Balaban J connectivity index is 2.32. The van der Waals surface area contributed by atoms with Crippen LogP contribution in [-0.2, 0) is 9.53 Å². The minimum atomic E-state index is -0.656. The van der Waals surface area contributed by atoms with Gasteiger partial charge in [-0.2, -0.15) is 0 Å². The minimum Gasteiger partial charge on any atom is -0.496 e. The third-order valence-corrected chi connectivity index (χ3v) is 4.64. The first kappa shape index (κ1) is 17.7. The van der Waals surface area contributed by atoms with E-state index in [0.29, 0.717) is 11.7 Å². The van der Waals surface area contributed by atoms with Crippen LogP contribution in [0.3, 0.4) is 0 Å². The molecule has 23 heavy (non-hydrogen) atoms. The second-order valence-electron chi connectivity index (χ2n) is 6.39. The number of ether oxygens (including phenoxy) is 2.